The van der Waals surface area contributed by atoms with Gasteiger partial charge in [-0.3, -0.25) is 5.10 Å². The van der Waals surface area contributed by atoms with Crippen molar-refractivity contribution >= 4 is 32.4 Å². The average Bonchev–Trinajstić information content (AvgIpc) is 2.77. The highest BCUT2D eigenvalue weighted by Gasteiger charge is 1.99. The Hall–Kier alpha value is -0.950. The molecule has 0 amide bonds. The Morgan fingerprint density at radius 1 is 1.50 bits per heavy atom. The van der Waals surface area contributed by atoms with Crippen molar-refractivity contribution in [3.05, 3.63) is 22.1 Å². The van der Waals surface area contributed by atoms with Gasteiger partial charge in [0.15, 0.2) is 5.13 Å². The highest BCUT2D eigenvalue weighted by molar-refractivity contribution is 9.11. The fourth-order valence-electron chi connectivity index (χ4n) is 0.975. The minimum absolute atomic E-state index is 0.801. The first-order chi connectivity index (χ1) is 6.84. The molecule has 2 N–H and O–H groups in total. The Morgan fingerprint density at radius 3 is 3.07 bits per heavy atom. The number of aromatic nitrogens is 4. The molecule has 74 valence electrons. The van der Waals surface area contributed by atoms with Crippen LogP contribution in [0.25, 0.3) is 0 Å². The molecule has 7 heteroatoms. The molecule has 2 rings (SSSR count). The molecular formula is C7H8BrN5S. The Bertz CT molecular complexity index is 384. The van der Waals surface area contributed by atoms with E-state index in [1.165, 1.54) is 6.33 Å². The van der Waals surface area contributed by atoms with Crippen molar-refractivity contribution in [3.8, 4) is 0 Å². The average molecular weight is 274 g/mol. The Balaban J connectivity index is 1.78. The van der Waals surface area contributed by atoms with Crippen LogP contribution < -0.4 is 5.32 Å². The van der Waals surface area contributed by atoms with E-state index in [9.17, 15) is 0 Å². The molecule has 2 aromatic rings. The van der Waals surface area contributed by atoms with Gasteiger partial charge in [0.25, 0.3) is 0 Å². The third-order valence-corrected chi connectivity index (χ3v) is 3.01. The third-order valence-electron chi connectivity index (χ3n) is 1.58. The summed E-state index contributed by atoms with van der Waals surface area (Å²) in [6.07, 6.45) is 4.11. The molecule has 0 aliphatic heterocycles. The van der Waals surface area contributed by atoms with Crippen LogP contribution in [0.4, 0.5) is 5.13 Å². The van der Waals surface area contributed by atoms with Gasteiger partial charge in [0.2, 0.25) is 0 Å². The normalized spacial score (nSPS) is 10.4. The number of halogens is 1. The van der Waals surface area contributed by atoms with Crippen molar-refractivity contribution < 1.29 is 0 Å². The lowest BCUT2D eigenvalue weighted by Gasteiger charge is -1.98. The van der Waals surface area contributed by atoms with Gasteiger partial charge in [-0.15, -0.1) is 0 Å². The van der Waals surface area contributed by atoms with Crippen molar-refractivity contribution in [1.82, 2.24) is 20.2 Å². The maximum atomic E-state index is 4.15. The van der Waals surface area contributed by atoms with Crippen LogP contribution in [0.5, 0.6) is 0 Å². The van der Waals surface area contributed by atoms with E-state index in [4.69, 9.17) is 0 Å². The predicted octanol–water partition coefficient (Wildman–Crippen LogP) is 1.68. The zero-order chi connectivity index (χ0) is 9.80. The minimum Gasteiger partial charge on any atom is -0.361 e. The van der Waals surface area contributed by atoms with Gasteiger partial charge in [-0.05, 0) is 15.9 Å². The van der Waals surface area contributed by atoms with E-state index in [2.05, 4.69) is 41.4 Å². The molecule has 0 aliphatic rings. The largest absolute Gasteiger partial charge is 0.361 e. The predicted molar refractivity (Wildman–Crippen MR) is 58.4 cm³/mol. The molecule has 0 radical (unpaired) electrons. The molecule has 0 saturated carbocycles. The number of hydrogen-bond donors (Lipinski definition) is 2. The van der Waals surface area contributed by atoms with E-state index in [1.807, 2.05) is 0 Å². The number of H-pyrrole nitrogens is 1. The van der Waals surface area contributed by atoms with E-state index >= 15 is 0 Å². The van der Waals surface area contributed by atoms with Crippen LogP contribution in [0, 0.1) is 0 Å². The Kier molecular flexibility index (Phi) is 3.10. The second-order valence-corrected chi connectivity index (χ2v) is 4.99. The van der Waals surface area contributed by atoms with Crippen LogP contribution in [0.15, 0.2) is 16.3 Å². The maximum absolute atomic E-state index is 4.15. The monoisotopic (exact) mass is 273 g/mol. The molecule has 0 unspecified atom stereocenters. The summed E-state index contributed by atoms with van der Waals surface area (Å²) < 4.78 is 1.03. The molecule has 0 aromatic carbocycles. The summed E-state index contributed by atoms with van der Waals surface area (Å²) in [6.45, 7) is 0.801. The summed E-state index contributed by atoms with van der Waals surface area (Å²) >= 11 is 4.92. The SMILES string of the molecule is Brc1cnc(NCCc2ncn[nH]2)s1. The van der Waals surface area contributed by atoms with Gasteiger partial charge in [0.1, 0.15) is 12.2 Å². The third kappa shape index (κ3) is 2.52. The topological polar surface area (TPSA) is 66.5 Å². The molecule has 2 aromatic heterocycles. The van der Waals surface area contributed by atoms with E-state index in [0.717, 1.165) is 27.7 Å². The summed E-state index contributed by atoms with van der Waals surface area (Å²) in [7, 11) is 0. The molecule has 5 nitrogen and oxygen atoms in total. The fourth-order valence-corrected chi connectivity index (χ4v) is 2.11. The number of rotatable bonds is 4. The first kappa shape index (κ1) is 9.60. The summed E-state index contributed by atoms with van der Waals surface area (Å²) in [6, 6.07) is 0. The highest BCUT2D eigenvalue weighted by atomic mass is 79.9. The van der Waals surface area contributed by atoms with Crippen molar-refractivity contribution in [2.75, 3.05) is 11.9 Å². The lowest BCUT2D eigenvalue weighted by Crippen LogP contribution is -2.05. The molecule has 0 aliphatic carbocycles. The van der Waals surface area contributed by atoms with Crippen LogP contribution in [0.2, 0.25) is 0 Å². The second-order valence-electron chi connectivity index (χ2n) is 2.58. The first-order valence-corrected chi connectivity index (χ1v) is 5.65. The summed E-state index contributed by atoms with van der Waals surface area (Å²) in [5.74, 6) is 0.883. The van der Waals surface area contributed by atoms with E-state index < -0.39 is 0 Å². The van der Waals surface area contributed by atoms with Crippen LogP contribution >= 0.6 is 27.3 Å². The van der Waals surface area contributed by atoms with Crippen molar-refractivity contribution in [3.63, 3.8) is 0 Å². The quantitative estimate of drug-likeness (QED) is 0.890. The number of nitrogens with one attached hydrogen (secondary N) is 2. The lowest BCUT2D eigenvalue weighted by molar-refractivity contribution is 0.900. The van der Waals surface area contributed by atoms with Gasteiger partial charge >= 0.3 is 0 Å². The molecule has 2 heterocycles. The standard InChI is InChI=1S/C7H8BrN5S/c8-5-3-10-7(14-5)9-2-1-6-11-4-12-13-6/h3-4H,1-2H2,(H,9,10)(H,11,12,13). The van der Waals surface area contributed by atoms with Crippen molar-refractivity contribution in [2.45, 2.75) is 6.42 Å². The zero-order valence-electron chi connectivity index (χ0n) is 7.20. The summed E-state index contributed by atoms with van der Waals surface area (Å²) in [4.78, 5) is 8.17. The zero-order valence-corrected chi connectivity index (χ0v) is 9.60. The number of aromatic amines is 1. The maximum Gasteiger partial charge on any atom is 0.183 e. The van der Waals surface area contributed by atoms with Gasteiger partial charge in [-0.2, -0.15) is 5.10 Å². The van der Waals surface area contributed by atoms with E-state index in [1.54, 1.807) is 17.5 Å². The van der Waals surface area contributed by atoms with Crippen LogP contribution in [-0.2, 0) is 6.42 Å². The van der Waals surface area contributed by atoms with Crippen molar-refractivity contribution in [2.24, 2.45) is 0 Å². The molecule has 0 spiro atoms. The van der Waals surface area contributed by atoms with Crippen LogP contribution in [0.1, 0.15) is 5.82 Å². The highest BCUT2D eigenvalue weighted by Crippen LogP contribution is 2.22. The van der Waals surface area contributed by atoms with E-state index in [0.29, 0.717) is 0 Å². The van der Waals surface area contributed by atoms with E-state index in [-0.39, 0.29) is 0 Å². The molecule has 0 bridgehead atoms. The van der Waals surface area contributed by atoms with Crippen LogP contribution in [-0.4, -0.2) is 26.7 Å². The van der Waals surface area contributed by atoms with Gasteiger partial charge in [-0.1, -0.05) is 11.3 Å². The number of nitrogens with zero attached hydrogens (tertiary/aromatic N) is 3. The smallest absolute Gasteiger partial charge is 0.183 e. The van der Waals surface area contributed by atoms with Crippen LogP contribution in [0.3, 0.4) is 0 Å². The first-order valence-electron chi connectivity index (χ1n) is 4.04. The lowest BCUT2D eigenvalue weighted by atomic mass is 10.4. The Labute approximate surface area is 93.1 Å². The van der Waals surface area contributed by atoms with Gasteiger partial charge in [0, 0.05) is 13.0 Å². The molecule has 0 fully saturated rings. The fraction of sp³-hybridized carbons (Fsp3) is 0.286. The number of hydrogen-bond acceptors (Lipinski definition) is 5. The molecule has 14 heavy (non-hydrogen) atoms. The Morgan fingerprint density at radius 2 is 2.43 bits per heavy atom. The summed E-state index contributed by atoms with van der Waals surface area (Å²) in [5, 5.41) is 10.7. The molecule has 0 atom stereocenters. The molecule has 0 saturated heterocycles. The minimum atomic E-state index is 0.801. The van der Waals surface area contributed by atoms with Gasteiger partial charge in [0.05, 0.1) is 9.98 Å². The second kappa shape index (κ2) is 4.52. The van der Waals surface area contributed by atoms with Gasteiger partial charge in [-0.25, -0.2) is 9.97 Å². The van der Waals surface area contributed by atoms with Gasteiger partial charge < -0.3 is 5.32 Å². The van der Waals surface area contributed by atoms with Crippen molar-refractivity contribution in [1.29, 1.82) is 0 Å². The number of thiazole rings is 1. The summed E-state index contributed by atoms with van der Waals surface area (Å²) in [5.41, 5.74) is 0. The number of anilines is 1. The molecular weight excluding hydrogens is 266 g/mol.